The van der Waals surface area contributed by atoms with E-state index in [9.17, 15) is 14.4 Å². The highest BCUT2D eigenvalue weighted by atomic mass is 16.3. The van der Waals surface area contributed by atoms with E-state index in [0.717, 1.165) is 44.7 Å². The summed E-state index contributed by atoms with van der Waals surface area (Å²) >= 11 is 0. The van der Waals surface area contributed by atoms with Gasteiger partial charge in [-0.15, -0.1) is 0 Å². The zero-order chi connectivity index (χ0) is 27.2. The molecule has 4 aliphatic rings. The van der Waals surface area contributed by atoms with Crippen molar-refractivity contribution in [3.8, 4) is 0 Å². The minimum atomic E-state index is -0.861. The molecule has 0 bridgehead atoms. The first-order chi connectivity index (χ1) is 19.3. The van der Waals surface area contributed by atoms with Gasteiger partial charge in [-0.3, -0.25) is 19.9 Å². The fourth-order valence-electron chi connectivity index (χ4n) is 7.27. The third-order valence-corrected chi connectivity index (χ3v) is 9.13. The van der Waals surface area contributed by atoms with Gasteiger partial charge in [-0.2, -0.15) is 0 Å². The van der Waals surface area contributed by atoms with E-state index >= 15 is 0 Å². The van der Waals surface area contributed by atoms with Gasteiger partial charge in [-0.1, -0.05) is 12.1 Å². The molecule has 8 rings (SSSR count). The summed E-state index contributed by atoms with van der Waals surface area (Å²) in [6, 6.07) is 14.0. The van der Waals surface area contributed by atoms with Gasteiger partial charge in [0.1, 0.15) is 11.8 Å². The van der Waals surface area contributed by atoms with E-state index in [1.165, 1.54) is 4.90 Å². The number of imide groups is 1. The van der Waals surface area contributed by atoms with Crippen LogP contribution in [0, 0.1) is 0 Å². The number of hydrogen-bond acceptors (Lipinski definition) is 7. The van der Waals surface area contributed by atoms with Crippen molar-refractivity contribution in [1.82, 2.24) is 20.2 Å². The number of fused-ring (bicyclic) bond motifs is 2. The normalized spacial score (nSPS) is 24.6. The van der Waals surface area contributed by atoms with Crippen molar-refractivity contribution in [2.24, 2.45) is 0 Å². The number of carbonyl (C=O) groups excluding carboxylic acids is 3. The number of urea groups is 1. The number of benzene rings is 2. The highest BCUT2D eigenvalue weighted by molar-refractivity contribution is 6.08. The molecule has 10 nitrogen and oxygen atoms in total. The van der Waals surface area contributed by atoms with Crippen LogP contribution in [-0.4, -0.2) is 51.8 Å². The Bertz CT molecular complexity index is 1770. The number of anilines is 2. The molecule has 1 spiro atoms. The third-order valence-electron chi connectivity index (χ3n) is 9.13. The Labute approximate surface area is 229 Å². The second kappa shape index (κ2) is 7.91. The van der Waals surface area contributed by atoms with Gasteiger partial charge in [-0.25, -0.2) is 9.78 Å². The summed E-state index contributed by atoms with van der Waals surface area (Å²) in [5, 5.41) is 6.52. The fraction of sp³-hybridized carbons (Fsp3) is 0.300. The predicted octanol–water partition coefficient (Wildman–Crippen LogP) is 3.08. The maximum atomic E-state index is 12.8. The Morgan fingerprint density at radius 2 is 1.88 bits per heavy atom. The van der Waals surface area contributed by atoms with Crippen LogP contribution in [-0.2, 0) is 40.8 Å². The van der Waals surface area contributed by atoms with Gasteiger partial charge in [0.25, 0.3) is 5.91 Å². The molecular formula is C30H26N6O4. The van der Waals surface area contributed by atoms with Gasteiger partial charge in [0, 0.05) is 67.0 Å². The highest BCUT2D eigenvalue weighted by Crippen LogP contribution is 2.51. The van der Waals surface area contributed by atoms with Crippen LogP contribution >= 0.6 is 0 Å². The minimum Gasteiger partial charge on any atom is -0.449 e. The highest BCUT2D eigenvalue weighted by Gasteiger charge is 2.54. The molecule has 1 aliphatic carbocycles. The van der Waals surface area contributed by atoms with E-state index in [4.69, 9.17) is 9.40 Å². The van der Waals surface area contributed by atoms with Crippen molar-refractivity contribution >= 4 is 40.1 Å². The average molecular weight is 535 g/mol. The summed E-state index contributed by atoms with van der Waals surface area (Å²) in [6.07, 6.45) is 5.09. The molecule has 5 heterocycles. The number of rotatable bonds is 4. The molecular weight excluding hydrogens is 508 g/mol. The third kappa shape index (κ3) is 3.19. The standard InChI is InChI=1S/C30H26N6O4/c1-35-28(39)34-27(38)30(35)11-18-9-17-5-6-20(32-22(17)10-19(18)12-30)15-36-16-29(14-25-31-7-8-40-25)13-24(37)33-21-3-2-4-23(36)26(21)29/h2-10H,11-16H2,1H3,(H,33,37)(H,34,38,39). The van der Waals surface area contributed by atoms with Crippen LogP contribution in [0.1, 0.15) is 34.7 Å². The summed E-state index contributed by atoms with van der Waals surface area (Å²) in [4.78, 5) is 50.9. The first-order valence-electron chi connectivity index (χ1n) is 13.4. The van der Waals surface area contributed by atoms with E-state index in [1.807, 2.05) is 18.2 Å². The number of nitrogens with zero attached hydrogens (tertiary/aromatic N) is 4. The second-order valence-electron chi connectivity index (χ2n) is 11.5. The SMILES string of the molecule is CN1C(=O)NC(=O)C12Cc1cc3ccc(CN4CC5(Cc6ncco6)CC(=O)Nc6cccc4c65)nc3cc1C2. The lowest BCUT2D eigenvalue weighted by molar-refractivity contribution is -0.125. The molecule has 2 aromatic carbocycles. The second-order valence-corrected chi connectivity index (χ2v) is 11.5. The monoisotopic (exact) mass is 534 g/mol. The quantitative estimate of drug-likeness (QED) is 0.386. The van der Waals surface area contributed by atoms with Gasteiger partial charge >= 0.3 is 6.03 Å². The number of likely N-dealkylation sites (N-methyl/N-ethyl adjacent to an activating group) is 1. The molecule has 10 heteroatoms. The number of pyridine rings is 1. The van der Waals surface area contributed by atoms with E-state index in [1.54, 1.807) is 19.5 Å². The molecule has 200 valence electrons. The van der Waals surface area contributed by atoms with Crippen LogP contribution in [0.15, 0.2) is 59.3 Å². The lowest BCUT2D eigenvalue weighted by atomic mass is 9.73. The van der Waals surface area contributed by atoms with E-state index in [-0.39, 0.29) is 17.8 Å². The van der Waals surface area contributed by atoms with E-state index in [2.05, 4.69) is 44.8 Å². The van der Waals surface area contributed by atoms with Gasteiger partial charge in [0.15, 0.2) is 5.89 Å². The van der Waals surface area contributed by atoms with Crippen molar-refractivity contribution in [3.05, 3.63) is 83.2 Å². The maximum absolute atomic E-state index is 12.8. The summed E-state index contributed by atoms with van der Waals surface area (Å²) in [5.41, 5.74) is 5.66. The lowest BCUT2D eigenvalue weighted by Gasteiger charge is -2.33. The minimum absolute atomic E-state index is 0.00296. The zero-order valence-corrected chi connectivity index (χ0v) is 21.9. The van der Waals surface area contributed by atoms with Crippen molar-refractivity contribution in [1.29, 1.82) is 0 Å². The summed E-state index contributed by atoms with van der Waals surface area (Å²) in [5.74, 6) is 0.382. The molecule has 0 radical (unpaired) electrons. The average Bonchev–Trinajstić information content (AvgIpc) is 3.68. The van der Waals surface area contributed by atoms with Gasteiger partial charge in [0.2, 0.25) is 5.91 Å². The van der Waals surface area contributed by atoms with Crippen LogP contribution in [0.5, 0.6) is 0 Å². The number of hydrogen-bond donors (Lipinski definition) is 2. The van der Waals surface area contributed by atoms with Crippen molar-refractivity contribution < 1.29 is 18.8 Å². The molecule has 2 atom stereocenters. The number of oxazole rings is 1. The largest absolute Gasteiger partial charge is 0.449 e. The van der Waals surface area contributed by atoms with Gasteiger partial charge < -0.3 is 19.5 Å². The van der Waals surface area contributed by atoms with Crippen molar-refractivity contribution in [2.75, 3.05) is 23.8 Å². The van der Waals surface area contributed by atoms with Gasteiger partial charge in [-0.05, 0) is 41.5 Å². The van der Waals surface area contributed by atoms with Crippen molar-refractivity contribution in [3.63, 3.8) is 0 Å². The zero-order valence-electron chi connectivity index (χ0n) is 21.9. The fourth-order valence-corrected chi connectivity index (χ4v) is 7.27. The lowest BCUT2D eigenvalue weighted by Crippen LogP contribution is -2.48. The number of aromatic nitrogens is 2. The Kier molecular flexibility index (Phi) is 4.58. The Morgan fingerprint density at radius 1 is 1.02 bits per heavy atom. The molecule has 2 unspecified atom stereocenters. The molecule has 1 saturated heterocycles. The van der Waals surface area contributed by atoms with Crippen LogP contribution in [0.4, 0.5) is 16.2 Å². The smallest absolute Gasteiger partial charge is 0.324 e. The van der Waals surface area contributed by atoms with Gasteiger partial charge in [0.05, 0.1) is 24.0 Å². The summed E-state index contributed by atoms with van der Waals surface area (Å²) in [7, 11) is 1.68. The first kappa shape index (κ1) is 23.2. The predicted molar refractivity (Wildman–Crippen MR) is 146 cm³/mol. The van der Waals surface area contributed by atoms with Crippen LogP contribution in [0.2, 0.25) is 0 Å². The molecule has 4 amide bonds. The van der Waals surface area contributed by atoms with E-state index < -0.39 is 11.0 Å². The molecule has 2 N–H and O–H groups in total. The number of carbonyl (C=O) groups is 3. The Balaban J connectivity index is 1.13. The molecule has 40 heavy (non-hydrogen) atoms. The van der Waals surface area contributed by atoms with Crippen molar-refractivity contribution in [2.45, 2.75) is 43.2 Å². The van der Waals surface area contributed by atoms with Crippen LogP contribution in [0.3, 0.4) is 0 Å². The molecule has 2 aromatic heterocycles. The molecule has 3 aliphatic heterocycles. The Hall–Kier alpha value is -4.73. The number of amides is 4. The maximum Gasteiger partial charge on any atom is 0.324 e. The van der Waals surface area contributed by atoms with Crippen LogP contribution < -0.4 is 15.5 Å². The van der Waals surface area contributed by atoms with Crippen LogP contribution in [0.25, 0.3) is 10.9 Å². The number of nitrogens with one attached hydrogen (secondary N) is 2. The molecule has 1 fully saturated rings. The first-order valence-corrected chi connectivity index (χ1v) is 13.4. The molecule has 4 aromatic rings. The topological polar surface area (TPSA) is 121 Å². The molecule has 0 saturated carbocycles. The summed E-state index contributed by atoms with van der Waals surface area (Å²) in [6.45, 7) is 1.23. The van der Waals surface area contributed by atoms with E-state index in [0.29, 0.717) is 44.7 Å². The summed E-state index contributed by atoms with van der Waals surface area (Å²) < 4.78 is 5.61. The Morgan fingerprint density at radius 3 is 2.65 bits per heavy atom.